The van der Waals surface area contributed by atoms with Crippen molar-refractivity contribution >= 4 is 69.1 Å². The molecule has 0 bridgehead atoms. The van der Waals surface area contributed by atoms with Crippen molar-refractivity contribution < 1.29 is 14.3 Å². The van der Waals surface area contributed by atoms with Crippen LogP contribution in [0, 0.1) is 22.7 Å². The molecule has 0 spiro atoms. The number of rotatable bonds is 16. The Balaban J connectivity index is 1.52. The maximum atomic E-state index is 12.0. The van der Waals surface area contributed by atoms with Crippen LogP contribution in [0.2, 0.25) is 5.02 Å². The second-order valence-electron chi connectivity index (χ2n) is 9.75. The first-order chi connectivity index (χ1) is 22.4. The average Bonchev–Trinajstić information content (AvgIpc) is 3.56. The minimum atomic E-state index is -0.709. The lowest BCUT2D eigenvalue weighted by Crippen LogP contribution is -2.33. The monoisotopic (exact) mass is 787 g/mol. The molecule has 0 aliphatic heterocycles. The van der Waals surface area contributed by atoms with Gasteiger partial charge in [0.15, 0.2) is 0 Å². The number of esters is 1. The highest BCUT2D eigenvalue weighted by Gasteiger charge is 2.22. The molecule has 0 fully saturated rings. The molecule has 0 radical (unpaired) electrons. The van der Waals surface area contributed by atoms with Gasteiger partial charge >= 0.3 is 5.97 Å². The van der Waals surface area contributed by atoms with E-state index in [0.29, 0.717) is 70.0 Å². The first kappa shape index (κ1) is 35.4. The van der Waals surface area contributed by atoms with Gasteiger partial charge < -0.3 is 26.3 Å². The van der Waals surface area contributed by atoms with Gasteiger partial charge in [-0.05, 0) is 49.2 Å². The van der Waals surface area contributed by atoms with Gasteiger partial charge in [-0.15, -0.1) is 11.3 Å². The summed E-state index contributed by atoms with van der Waals surface area (Å²) in [6.45, 7) is 1.24. The summed E-state index contributed by atoms with van der Waals surface area (Å²) in [7, 11) is 0. The molecule has 4 rings (SSSR count). The summed E-state index contributed by atoms with van der Waals surface area (Å²) in [4.78, 5) is 21.5. The van der Waals surface area contributed by atoms with Crippen LogP contribution in [0.15, 0.2) is 58.9 Å². The van der Waals surface area contributed by atoms with Gasteiger partial charge in [0.05, 0.1) is 11.3 Å². The highest BCUT2D eigenvalue weighted by atomic mass is 127. The van der Waals surface area contributed by atoms with Crippen molar-refractivity contribution in [2.45, 2.75) is 29.7 Å². The summed E-state index contributed by atoms with van der Waals surface area (Å²) in [5.74, 6) is 0.951. The van der Waals surface area contributed by atoms with E-state index < -0.39 is 12.0 Å². The Hall–Kier alpha value is -3.44. The summed E-state index contributed by atoms with van der Waals surface area (Å²) in [5.41, 5.74) is 14.8. The third kappa shape index (κ3) is 9.54. The fourth-order valence-corrected chi connectivity index (χ4v) is 6.49. The predicted molar refractivity (Wildman–Crippen MR) is 191 cm³/mol. The van der Waals surface area contributed by atoms with Gasteiger partial charge in [0.1, 0.15) is 58.6 Å². The summed E-state index contributed by atoms with van der Waals surface area (Å²) >= 11 is 11.2. The van der Waals surface area contributed by atoms with Gasteiger partial charge in [-0.1, -0.05) is 70.2 Å². The number of hydrogen-bond acceptors (Lipinski definition) is 12. The van der Waals surface area contributed by atoms with Crippen LogP contribution in [0.5, 0.6) is 5.75 Å². The molecule has 46 heavy (non-hydrogen) atoms. The Morgan fingerprint density at radius 3 is 2.46 bits per heavy atom. The summed E-state index contributed by atoms with van der Waals surface area (Å²) in [6.07, 6.45) is 1.11. The van der Waals surface area contributed by atoms with Gasteiger partial charge in [-0.25, -0.2) is 9.97 Å². The molecule has 0 unspecified atom stereocenters. The summed E-state index contributed by atoms with van der Waals surface area (Å²) in [5, 5.41) is 27.8. The number of nitrogens with two attached hydrogens (primary N) is 2. The summed E-state index contributed by atoms with van der Waals surface area (Å²) < 4.78 is 11.7. The van der Waals surface area contributed by atoms with Crippen molar-refractivity contribution in [1.29, 1.82) is 10.5 Å². The SMILES string of the molecule is N#Cc1c(NCCI)nc(SCc2csc(-c3ccc(Cl)cc3)n2)c(C#N)c1-c1ccc(OCCOC(=O)[C@@H](N)CCCN)cc1. The van der Waals surface area contributed by atoms with E-state index >= 15 is 0 Å². The first-order valence-corrected chi connectivity index (χ1v) is 18.0. The third-order valence-corrected chi connectivity index (χ3v) is 9.28. The smallest absolute Gasteiger partial charge is 0.323 e. The van der Waals surface area contributed by atoms with Crippen molar-refractivity contribution in [2.24, 2.45) is 11.5 Å². The zero-order valence-corrected chi connectivity index (χ0v) is 29.2. The van der Waals surface area contributed by atoms with E-state index in [2.05, 4.69) is 40.0 Å². The van der Waals surface area contributed by atoms with Crippen LogP contribution in [-0.2, 0) is 15.3 Å². The number of benzene rings is 2. The normalized spacial score (nSPS) is 11.3. The molecule has 0 aliphatic rings. The molecular formula is C32H31ClIN7O3S2. The molecule has 0 aliphatic carbocycles. The van der Waals surface area contributed by atoms with Gasteiger partial charge in [0.25, 0.3) is 0 Å². The standard InChI is InChI=1S/C32H31ClIN7O3S2/c33-22-7-3-21(4-8-22)30-40-23(18-45-30)19-46-31-26(17-37)28(25(16-36)29(41-31)39-13-11-34)20-5-9-24(10-6-20)43-14-15-44-32(42)27(38)2-1-12-35/h3-10,18,27H,1-2,11-15,19,35,38H2,(H,39,41)/t27-/m0/s1. The number of halogens is 2. The summed E-state index contributed by atoms with van der Waals surface area (Å²) in [6, 6.07) is 18.4. The van der Waals surface area contributed by atoms with E-state index in [1.54, 1.807) is 24.3 Å². The lowest BCUT2D eigenvalue weighted by molar-refractivity contribution is -0.146. The van der Waals surface area contributed by atoms with Gasteiger partial charge in [0.2, 0.25) is 0 Å². The van der Waals surface area contributed by atoms with E-state index in [-0.39, 0.29) is 18.8 Å². The predicted octanol–water partition coefficient (Wildman–Crippen LogP) is 6.40. The Kier molecular flexibility index (Phi) is 13.9. The minimum absolute atomic E-state index is 0.0467. The van der Waals surface area contributed by atoms with Crippen molar-refractivity contribution in [3.63, 3.8) is 0 Å². The second kappa shape index (κ2) is 18.0. The van der Waals surface area contributed by atoms with Crippen molar-refractivity contribution in [3.05, 3.63) is 75.8 Å². The number of hydrogen-bond donors (Lipinski definition) is 3. The molecule has 2 aromatic heterocycles. The number of nitrogens with one attached hydrogen (secondary N) is 1. The number of aromatic nitrogens is 2. The Bertz CT molecular complexity index is 1710. The number of thiazole rings is 1. The second-order valence-corrected chi connectivity index (χ2v) is 13.1. The quantitative estimate of drug-likeness (QED) is 0.0377. The fourth-order valence-electron chi connectivity index (χ4n) is 4.29. The minimum Gasteiger partial charge on any atom is -0.490 e. The first-order valence-electron chi connectivity index (χ1n) is 14.2. The van der Waals surface area contributed by atoms with Crippen LogP contribution in [-0.4, -0.2) is 52.7 Å². The molecule has 2 aromatic carbocycles. The number of carbonyl (C=O) groups is 1. The molecule has 5 N–H and O–H groups in total. The number of anilines is 1. The maximum absolute atomic E-state index is 12.0. The number of pyridine rings is 1. The average molecular weight is 788 g/mol. The highest BCUT2D eigenvalue weighted by Crippen LogP contribution is 2.38. The number of alkyl halides is 1. The van der Waals surface area contributed by atoms with Crippen LogP contribution >= 0.6 is 57.3 Å². The topological polar surface area (TPSA) is 173 Å². The number of ether oxygens (including phenoxy) is 2. The van der Waals surface area contributed by atoms with E-state index in [1.165, 1.54) is 23.1 Å². The number of nitrogens with zero attached hydrogens (tertiary/aromatic N) is 4. The molecule has 0 saturated carbocycles. The van der Waals surface area contributed by atoms with Gasteiger partial charge in [-0.2, -0.15) is 10.5 Å². The molecule has 0 amide bonds. The molecule has 0 saturated heterocycles. The van der Waals surface area contributed by atoms with E-state index in [0.717, 1.165) is 20.7 Å². The lowest BCUT2D eigenvalue weighted by Gasteiger charge is -2.16. The molecule has 1 atom stereocenters. The van der Waals surface area contributed by atoms with Crippen molar-refractivity contribution in [3.8, 4) is 39.6 Å². The Labute approximate surface area is 294 Å². The number of thioether (sulfide) groups is 1. The zero-order valence-electron chi connectivity index (χ0n) is 24.7. The van der Waals surface area contributed by atoms with Crippen LogP contribution in [0.4, 0.5) is 5.82 Å². The number of carbonyl (C=O) groups excluding carboxylic acids is 1. The molecule has 2 heterocycles. The van der Waals surface area contributed by atoms with Crippen molar-refractivity contribution in [1.82, 2.24) is 9.97 Å². The lowest BCUT2D eigenvalue weighted by atomic mass is 9.96. The third-order valence-electron chi connectivity index (χ3n) is 6.54. The van der Waals surface area contributed by atoms with Crippen molar-refractivity contribution in [2.75, 3.05) is 36.0 Å². The van der Waals surface area contributed by atoms with Crippen LogP contribution < -0.4 is 21.5 Å². The number of nitriles is 2. The largest absolute Gasteiger partial charge is 0.490 e. The fraction of sp³-hybridized carbons (Fsp3) is 0.281. The Morgan fingerprint density at radius 2 is 1.78 bits per heavy atom. The Morgan fingerprint density at radius 1 is 1.07 bits per heavy atom. The van der Waals surface area contributed by atoms with E-state index in [9.17, 15) is 15.3 Å². The molecule has 14 heteroatoms. The molecule has 10 nitrogen and oxygen atoms in total. The van der Waals surface area contributed by atoms with Crippen LogP contribution in [0.25, 0.3) is 21.7 Å². The van der Waals surface area contributed by atoms with E-state index in [1.807, 2.05) is 29.6 Å². The molecular weight excluding hydrogens is 757 g/mol. The highest BCUT2D eigenvalue weighted by molar-refractivity contribution is 14.1. The zero-order chi connectivity index (χ0) is 32.9. The van der Waals surface area contributed by atoms with Gasteiger partial charge in [-0.3, -0.25) is 4.79 Å². The van der Waals surface area contributed by atoms with Crippen LogP contribution in [0.1, 0.15) is 29.7 Å². The van der Waals surface area contributed by atoms with E-state index in [4.69, 9.17) is 42.5 Å². The van der Waals surface area contributed by atoms with Crippen LogP contribution in [0.3, 0.4) is 0 Å². The molecule has 4 aromatic rings. The van der Waals surface area contributed by atoms with Gasteiger partial charge in [0, 0.05) is 38.3 Å². The molecule has 238 valence electrons. The maximum Gasteiger partial charge on any atom is 0.323 e.